The van der Waals surface area contributed by atoms with Crippen LogP contribution in [0, 0.1) is 5.95 Å². The molecule has 0 saturated heterocycles. The van der Waals surface area contributed by atoms with Crippen LogP contribution < -0.4 is 0 Å². The third-order valence-corrected chi connectivity index (χ3v) is 2.28. The van der Waals surface area contributed by atoms with Crippen molar-refractivity contribution in [3.63, 3.8) is 0 Å². The SMILES string of the molecule is COC(Cc1cc(Br)cnc1F)C(=O)O. The number of nitrogens with zero attached hydrogens (tertiary/aromatic N) is 1. The van der Waals surface area contributed by atoms with Crippen LogP contribution in [-0.4, -0.2) is 29.3 Å². The van der Waals surface area contributed by atoms with Gasteiger partial charge in [0.15, 0.2) is 6.10 Å². The van der Waals surface area contributed by atoms with Gasteiger partial charge in [-0.25, -0.2) is 9.78 Å². The molecule has 0 radical (unpaired) electrons. The van der Waals surface area contributed by atoms with Crippen molar-refractivity contribution < 1.29 is 19.0 Å². The van der Waals surface area contributed by atoms with Crippen molar-refractivity contribution in [2.75, 3.05) is 7.11 Å². The number of rotatable bonds is 4. The van der Waals surface area contributed by atoms with Gasteiger partial charge in [-0.05, 0) is 22.0 Å². The first-order valence-electron chi connectivity index (χ1n) is 4.10. The normalized spacial score (nSPS) is 12.5. The fraction of sp³-hybridized carbons (Fsp3) is 0.333. The molecule has 1 N–H and O–H groups in total. The van der Waals surface area contributed by atoms with E-state index in [0.29, 0.717) is 4.47 Å². The van der Waals surface area contributed by atoms with Crippen molar-refractivity contribution >= 4 is 21.9 Å². The number of carboxylic acids is 1. The zero-order valence-electron chi connectivity index (χ0n) is 7.91. The van der Waals surface area contributed by atoms with E-state index >= 15 is 0 Å². The Morgan fingerprint density at radius 3 is 3.00 bits per heavy atom. The Kier molecular flexibility index (Phi) is 4.16. The lowest BCUT2D eigenvalue weighted by Gasteiger charge is -2.10. The van der Waals surface area contributed by atoms with Crippen LogP contribution in [-0.2, 0) is 16.0 Å². The molecular weight excluding hydrogens is 269 g/mol. The molecule has 6 heteroatoms. The molecule has 1 heterocycles. The fourth-order valence-electron chi connectivity index (χ4n) is 1.08. The van der Waals surface area contributed by atoms with Gasteiger partial charge in [-0.15, -0.1) is 0 Å². The van der Waals surface area contributed by atoms with Crippen LogP contribution in [0.15, 0.2) is 16.7 Å². The van der Waals surface area contributed by atoms with E-state index in [4.69, 9.17) is 9.84 Å². The largest absolute Gasteiger partial charge is 0.479 e. The molecule has 0 saturated carbocycles. The van der Waals surface area contributed by atoms with E-state index in [9.17, 15) is 9.18 Å². The summed E-state index contributed by atoms with van der Waals surface area (Å²) in [4.78, 5) is 14.1. The van der Waals surface area contributed by atoms with Crippen molar-refractivity contribution in [1.82, 2.24) is 4.98 Å². The molecule has 1 aromatic rings. The maximum Gasteiger partial charge on any atom is 0.333 e. The summed E-state index contributed by atoms with van der Waals surface area (Å²) in [7, 11) is 1.27. The second-order valence-electron chi connectivity index (χ2n) is 2.87. The molecule has 1 atom stereocenters. The van der Waals surface area contributed by atoms with Gasteiger partial charge in [0.1, 0.15) is 0 Å². The van der Waals surface area contributed by atoms with Gasteiger partial charge < -0.3 is 9.84 Å². The minimum Gasteiger partial charge on any atom is -0.479 e. The maximum absolute atomic E-state index is 13.1. The van der Waals surface area contributed by atoms with Crippen molar-refractivity contribution in [2.24, 2.45) is 0 Å². The second-order valence-corrected chi connectivity index (χ2v) is 3.79. The Hall–Kier alpha value is -1.01. The highest BCUT2D eigenvalue weighted by molar-refractivity contribution is 9.10. The summed E-state index contributed by atoms with van der Waals surface area (Å²) in [5, 5.41) is 8.72. The summed E-state index contributed by atoms with van der Waals surface area (Å²) in [6, 6.07) is 1.48. The Bertz CT molecular complexity index is 372. The molecule has 0 aromatic carbocycles. The predicted octanol–water partition coefficient (Wildman–Crippen LogP) is 1.63. The summed E-state index contributed by atoms with van der Waals surface area (Å²) in [5.74, 6) is -1.81. The first kappa shape index (κ1) is 12.1. The van der Waals surface area contributed by atoms with Gasteiger partial charge >= 0.3 is 5.97 Å². The van der Waals surface area contributed by atoms with E-state index in [1.165, 1.54) is 19.4 Å². The molecule has 1 aromatic heterocycles. The number of hydrogen-bond acceptors (Lipinski definition) is 3. The Morgan fingerprint density at radius 2 is 2.47 bits per heavy atom. The molecule has 0 bridgehead atoms. The van der Waals surface area contributed by atoms with Crippen molar-refractivity contribution in [3.8, 4) is 0 Å². The monoisotopic (exact) mass is 277 g/mol. The van der Waals surface area contributed by atoms with E-state index in [2.05, 4.69) is 20.9 Å². The lowest BCUT2D eigenvalue weighted by atomic mass is 10.1. The summed E-state index contributed by atoms with van der Waals surface area (Å²) in [5.41, 5.74) is 0.207. The third-order valence-electron chi connectivity index (χ3n) is 1.84. The third kappa shape index (κ3) is 3.24. The molecule has 4 nitrogen and oxygen atoms in total. The molecule has 0 aliphatic rings. The second kappa shape index (κ2) is 5.18. The number of aromatic nitrogens is 1. The fourth-order valence-corrected chi connectivity index (χ4v) is 1.46. The molecular formula is C9H9BrFNO3. The number of aliphatic carboxylic acids is 1. The molecule has 0 amide bonds. The van der Waals surface area contributed by atoms with E-state index in [-0.39, 0.29) is 12.0 Å². The number of pyridine rings is 1. The van der Waals surface area contributed by atoms with Crippen LogP contribution in [0.5, 0.6) is 0 Å². The zero-order chi connectivity index (χ0) is 11.4. The topological polar surface area (TPSA) is 59.4 Å². The molecule has 15 heavy (non-hydrogen) atoms. The molecule has 82 valence electrons. The van der Waals surface area contributed by atoms with Gasteiger partial charge in [-0.3, -0.25) is 0 Å². The molecule has 0 spiro atoms. The smallest absolute Gasteiger partial charge is 0.333 e. The van der Waals surface area contributed by atoms with Gasteiger partial charge in [-0.2, -0.15) is 4.39 Å². The Labute approximate surface area is 94.2 Å². The first-order chi connectivity index (χ1) is 7.04. The highest BCUT2D eigenvalue weighted by Crippen LogP contribution is 2.15. The molecule has 0 aliphatic heterocycles. The summed E-state index contributed by atoms with van der Waals surface area (Å²) in [6.45, 7) is 0. The number of carbonyl (C=O) groups is 1. The molecule has 1 rings (SSSR count). The van der Waals surface area contributed by atoms with Gasteiger partial charge in [-0.1, -0.05) is 0 Å². The average molecular weight is 278 g/mol. The molecule has 1 unspecified atom stereocenters. The Morgan fingerprint density at radius 1 is 1.80 bits per heavy atom. The number of hydrogen-bond donors (Lipinski definition) is 1. The standard InChI is InChI=1S/C9H9BrFNO3/c1-15-7(9(13)14)3-5-2-6(10)4-12-8(5)11/h2,4,7H,3H2,1H3,(H,13,14). The zero-order valence-corrected chi connectivity index (χ0v) is 9.49. The molecule has 0 fully saturated rings. The molecule has 0 aliphatic carbocycles. The Balaban J connectivity index is 2.87. The van der Waals surface area contributed by atoms with E-state index in [1.54, 1.807) is 0 Å². The van der Waals surface area contributed by atoms with Crippen LogP contribution in [0.2, 0.25) is 0 Å². The highest BCUT2D eigenvalue weighted by atomic mass is 79.9. The quantitative estimate of drug-likeness (QED) is 0.850. The number of ether oxygens (including phenoxy) is 1. The van der Waals surface area contributed by atoms with Crippen LogP contribution in [0.4, 0.5) is 4.39 Å². The van der Waals surface area contributed by atoms with E-state index in [1.807, 2.05) is 0 Å². The van der Waals surface area contributed by atoms with Gasteiger partial charge in [0.05, 0.1) is 0 Å². The van der Waals surface area contributed by atoms with E-state index < -0.39 is 18.0 Å². The highest BCUT2D eigenvalue weighted by Gasteiger charge is 2.19. The first-order valence-corrected chi connectivity index (χ1v) is 4.89. The summed E-state index contributed by atoms with van der Waals surface area (Å²) in [6.07, 6.45) is 0.196. The summed E-state index contributed by atoms with van der Waals surface area (Å²) < 4.78 is 18.4. The van der Waals surface area contributed by atoms with Crippen molar-refractivity contribution in [3.05, 3.63) is 28.2 Å². The van der Waals surface area contributed by atoms with E-state index in [0.717, 1.165) is 0 Å². The van der Waals surface area contributed by atoms with Crippen LogP contribution in [0.3, 0.4) is 0 Å². The lowest BCUT2D eigenvalue weighted by Crippen LogP contribution is -2.25. The van der Waals surface area contributed by atoms with Gasteiger partial charge in [0.2, 0.25) is 5.95 Å². The van der Waals surface area contributed by atoms with Gasteiger partial charge in [0, 0.05) is 29.8 Å². The maximum atomic E-state index is 13.1. The minimum atomic E-state index is -1.13. The predicted molar refractivity (Wildman–Crippen MR) is 54.0 cm³/mol. The average Bonchev–Trinajstić information content (AvgIpc) is 2.18. The van der Waals surface area contributed by atoms with Crippen LogP contribution in [0.1, 0.15) is 5.56 Å². The van der Waals surface area contributed by atoms with Crippen LogP contribution >= 0.6 is 15.9 Å². The number of methoxy groups -OCH3 is 1. The minimum absolute atomic E-state index is 0.0515. The van der Waals surface area contributed by atoms with Gasteiger partial charge in [0.25, 0.3) is 0 Å². The van der Waals surface area contributed by atoms with Crippen LogP contribution in [0.25, 0.3) is 0 Å². The number of halogens is 2. The lowest BCUT2D eigenvalue weighted by molar-refractivity contribution is -0.148. The summed E-state index contributed by atoms with van der Waals surface area (Å²) >= 11 is 3.13. The number of carboxylic acid groups (broad SMARTS) is 1. The van der Waals surface area contributed by atoms with Crippen molar-refractivity contribution in [1.29, 1.82) is 0 Å². The van der Waals surface area contributed by atoms with Crippen molar-refractivity contribution in [2.45, 2.75) is 12.5 Å².